The summed E-state index contributed by atoms with van der Waals surface area (Å²) in [7, 11) is 0. The zero-order valence-electron chi connectivity index (χ0n) is 9.79. The van der Waals surface area contributed by atoms with Crippen LogP contribution in [0.25, 0.3) is 0 Å². The molecular formula is C13H15FN2O. The molecule has 1 fully saturated rings. The lowest BCUT2D eigenvalue weighted by Crippen LogP contribution is -2.47. The molecule has 1 aromatic carbocycles. The van der Waals surface area contributed by atoms with Crippen LogP contribution in [0.2, 0.25) is 0 Å². The van der Waals surface area contributed by atoms with Gasteiger partial charge in [-0.2, -0.15) is 5.26 Å². The Labute approximate surface area is 100 Å². The number of rotatable bonds is 2. The van der Waals surface area contributed by atoms with Crippen LogP contribution in [0.5, 0.6) is 5.75 Å². The van der Waals surface area contributed by atoms with E-state index in [0.717, 1.165) is 19.4 Å². The molecule has 1 aliphatic rings. The number of nitrogens with zero attached hydrogens (tertiary/aromatic N) is 1. The van der Waals surface area contributed by atoms with Crippen LogP contribution in [0, 0.1) is 17.1 Å². The molecule has 1 unspecified atom stereocenters. The smallest absolute Gasteiger partial charge is 0.144 e. The third-order valence-electron chi connectivity index (χ3n) is 3.00. The van der Waals surface area contributed by atoms with Crippen molar-refractivity contribution in [1.82, 2.24) is 5.32 Å². The molecule has 17 heavy (non-hydrogen) atoms. The first-order chi connectivity index (χ1) is 8.14. The number of hydrogen-bond donors (Lipinski definition) is 1. The normalized spacial score (nSPS) is 24.1. The van der Waals surface area contributed by atoms with Crippen molar-refractivity contribution in [2.24, 2.45) is 0 Å². The van der Waals surface area contributed by atoms with Crippen LogP contribution in [0.3, 0.4) is 0 Å². The van der Waals surface area contributed by atoms with Crippen LogP contribution < -0.4 is 10.1 Å². The molecule has 3 nitrogen and oxygen atoms in total. The monoisotopic (exact) mass is 234 g/mol. The standard InChI is InChI=1S/C13H15FN2O/c1-13(6-3-7-16-9-13)17-12-5-2-4-11(14)10(12)8-15/h2,4-5,16H,3,6-7,9H2,1H3. The van der Waals surface area contributed by atoms with Crippen molar-refractivity contribution in [3.8, 4) is 11.8 Å². The van der Waals surface area contributed by atoms with E-state index in [-0.39, 0.29) is 11.2 Å². The zero-order valence-corrected chi connectivity index (χ0v) is 9.79. The molecule has 2 rings (SSSR count). The Balaban J connectivity index is 2.24. The Kier molecular flexibility index (Phi) is 3.30. The van der Waals surface area contributed by atoms with Crippen molar-refractivity contribution < 1.29 is 9.13 Å². The van der Waals surface area contributed by atoms with Crippen molar-refractivity contribution in [2.45, 2.75) is 25.4 Å². The second-order valence-corrected chi connectivity index (χ2v) is 4.56. The summed E-state index contributed by atoms with van der Waals surface area (Å²) < 4.78 is 19.2. The third kappa shape index (κ3) is 2.56. The van der Waals surface area contributed by atoms with Gasteiger partial charge >= 0.3 is 0 Å². The van der Waals surface area contributed by atoms with Gasteiger partial charge in [0, 0.05) is 6.54 Å². The van der Waals surface area contributed by atoms with Crippen LogP contribution in [0.1, 0.15) is 25.3 Å². The molecular weight excluding hydrogens is 219 g/mol. The highest BCUT2D eigenvalue weighted by Crippen LogP contribution is 2.28. The van der Waals surface area contributed by atoms with E-state index in [1.165, 1.54) is 6.07 Å². The van der Waals surface area contributed by atoms with Crippen LogP contribution in [0.15, 0.2) is 18.2 Å². The Morgan fingerprint density at radius 3 is 3.00 bits per heavy atom. The first kappa shape index (κ1) is 11.9. The van der Waals surface area contributed by atoms with Crippen LogP contribution in [-0.2, 0) is 0 Å². The third-order valence-corrected chi connectivity index (χ3v) is 3.00. The number of hydrogen-bond acceptors (Lipinski definition) is 3. The fourth-order valence-corrected chi connectivity index (χ4v) is 2.08. The number of nitriles is 1. The minimum Gasteiger partial charge on any atom is -0.485 e. The van der Waals surface area contributed by atoms with E-state index in [4.69, 9.17) is 10.00 Å². The lowest BCUT2D eigenvalue weighted by Gasteiger charge is -2.35. The second kappa shape index (κ2) is 4.72. The van der Waals surface area contributed by atoms with Gasteiger partial charge in [0.05, 0.1) is 0 Å². The van der Waals surface area contributed by atoms with E-state index in [0.29, 0.717) is 12.3 Å². The van der Waals surface area contributed by atoms with Gasteiger partial charge in [0.15, 0.2) is 0 Å². The van der Waals surface area contributed by atoms with Crippen molar-refractivity contribution in [1.29, 1.82) is 5.26 Å². The van der Waals surface area contributed by atoms with Crippen LogP contribution in [0.4, 0.5) is 4.39 Å². The van der Waals surface area contributed by atoms with Gasteiger partial charge in [-0.15, -0.1) is 0 Å². The molecule has 0 aromatic heterocycles. The quantitative estimate of drug-likeness (QED) is 0.853. The van der Waals surface area contributed by atoms with Gasteiger partial charge in [0.25, 0.3) is 0 Å². The summed E-state index contributed by atoms with van der Waals surface area (Å²) in [6.07, 6.45) is 1.93. The van der Waals surface area contributed by atoms with Gasteiger partial charge < -0.3 is 10.1 Å². The maximum atomic E-state index is 13.4. The predicted molar refractivity (Wildman–Crippen MR) is 62.3 cm³/mol. The molecule has 0 saturated carbocycles. The summed E-state index contributed by atoms with van der Waals surface area (Å²) >= 11 is 0. The molecule has 0 radical (unpaired) electrons. The summed E-state index contributed by atoms with van der Waals surface area (Å²) in [5.74, 6) is -0.198. The second-order valence-electron chi connectivity index (χ2n) is 4.56. The van der Waals surface area contributed by atoms with Crippen LogP contribution in [-0.4, -0.2) is 18.7 Å². The minimum absolute atomic E-state index is 0.0145. The fraction of sp³-hybridized carbons (Fsp3) is 0.462. The molecule has 0 amide bonds. The van der Waals surface area contributed by atoms with Gasteiger partial charge in [-0.05, 0) is 38.4 Å². The predicted octanol–water partition coefficient (Wildman–Crippen LogP) is 2.22. The highest BCUT2D eigenvalue weighted by atomic mass is 19.1. The van der Waals surface area contributed by atoms with E-state index in [1.807, 2.05) is 13.0 Å². The number of piperidine rings is 1. The Morgan fingerprint density at radius 2 is 2.35 bits per heavy atom. The van der Waals surface area contributed by atoms with E-state index < -0.39 is 5.82 Å². The number of halogens is 1. The van der Waals surface area contributed by atoms with E-state index in [1.54, 1.807) is 12.1 Å². The molecule has 1 aliphatic heterocycles. The molecule has 4 heteroatoms. The lowest BCUT2D eigenvalue weighted by atomic mass is 9.96. The summed E-state index contributed by atoms with van der Waals surface area (Å²) in [5, 5.41) is 12.2. The summed E-state index contributed by atoms with van der Waals surface area (Å²) in [4.78, 5) is 0. The SMILES string of the molecule is CC1(Oc2cccc(F)c2C#N)CCCNC1. The maximum Gasteiger partial charge on any atom is 0.144 e. The first-order valence-corrected chi connectivity index (χ1v) is 5.73. The van der Waals surface area contributed by atoms with Crippen molar-refractivity contribution in [2.75, 3.05) is 13.1 Å². The van der Waals surface area contributed by atoms with Crippen molar-refractivity contribution in [3.63, 3.8) is 0 Å². The van der Waals surface area contributed by atoms with E-state index >= 15 is 0 Å². The molecule has 1 aromatic rings. The number of ether oxygens (including phenoxy) is 1. The molecule has 0 aliphatic carbocycles. The van der Waals surface area contributed by atoms with Gasteiger partial charge in [0.1, 0.15) is 28.8 Å². The molecule has 0 spiro atoms. The van der Waals surface area contributed by atoms with E-state index in [2.05, 4.69) is 5.32 Å². The Bertz CT molecular complexity index is 447. The largest absolute Gasteiger partial charge is 0.485 e. The van der Waals surface area contributed by atoms with Crippen molar-refractivity contribution in [3.05, 3.63) is 29.6 Å². The zero-order chi connectivity index (χ0) is 12.3. The highest BCUT2D eigenvalue weighted by Gasteiger charge is 2.29. The first-order valence-electron chi connectivity index (χ1n) is 5.73. The molecule has 1 N–H and O–H groups in total. The van der Waals surface area contributed by atoms with Gasteiger partial charge in [-0.3, -0.25) is 0 Å². The minimum atomic E-state index is -0.530. The van der Waals surface area contributed by atoms with E-state index in [9.17, 15) is 4.39 Å². The average molecular weight is 234 g/mol. The number of benzene rings is 1. The molecule has 1 heterocycles. The van der Waals surface area contributed by atoms with Crippen molar-refractivity contribution >= 4 is 0 Å². The van der Waals surface area contributed by atoms with Gasteiger partial charge in [-0.1, -0.05) is 6.07 Å². The summed E-state index contributed by atoms with van der Waals surface area (Å²) in [5.41, 5.74) is -0.378. The molecule has 0 bridgehead atoms. The van der Waals surface area contributed by atoms with Gasteiger partial charge in [-0.25, -0.2) is 4.39 Å². The lowest BCUT2D eigenvalue weighted by molar-refractivity contribution is 0.0608. The number of nitrogens with one attached hydrogen (secondary N) is 1. The maximum absolute atomic E-state index is 13.4. The summed E-state index contributed by atoms with van der Waals surface area (Å²) in [6.45, 7) is 3.67. The Hall–Kier alpha value is -1.60. The molecule has 90 valence electrons. The Morgan fingerprint density at radius 1 is 1.53 bits per heavy atom. The summed E-state index contributed by atoms with van der Waals surface area (Å²) in [6, 6.07) is 6.32. The highest BCUT2D eigenvalue weighted by molar-refractivity contribution is 5.44. The molecule has 1 saturated heterocycles. The average Bonchev–Trinajstić information content (AvgIpc) is 2.30. The topological polar surface area (TPSA) is 45.0 Å². The molecule has 1 atom stereocenters. The fourth-order valence-electron chi connectivity index (χ4n) is 2.08. The van der Waals surface area contributed by atoms with Gasteiger partial charge in [0.2, 0.25) is 0 Å². The van der Waals surface area contributed by atoms with Crippen LogP contribution >= 0.6 is 0 Å².